The Balaban J connectivity index is 1.63. The first-order valence-corrected chi connectivity index (χ1v) is 10.5. The van der Waals surface area contributed by atoms with Crippen LogP contribution in [0.1, 0.15) is 23.5 Å². The Kier molecular flexibility index (Phi) is 6.59. The van der Waals surface area contributed by atoms with Gasteiger partial charge in [-0.3, -0.25) is 9.78 Å². The van der Waals surface area contributed by atoms with Gasteiger partial charge < -0.3 is 24.8 Å². The lowest BCUT2D eigenvalue weighted by Crippen LogP contribution is -2.37. The number of hydrogen-bond donors (Lipinski definition) is 2. The first-order valence-electron chi connectivity index (χ1n) is 10.1. The number of carbonyl (C=O) groups is 1. The van der Waals surface area contributed by atoms with Crippen LogP contribution < -0.4 is 10.6 Å². The van der Waals surface area contributed by atoms with Crippen molar-refractivity contribution in [2.75, 3.05) is 25.6 Å². The fourth-order valence-electron chi connectivity index (χ4n) is 3.86. The van der Waals surface area contributed by atoms with Crippen molar-refractivity contribution in [2.45, 2.75) is 18.6 Å². The van der Waals surface area contributed by atoms with Gasteiger partial charge in [-0.05, 0) is 48.6 Å². The van der Waals surface area contributed by atoms with E-state index >= 15 is 0 Å². The molecule has 7 nitrogen and oxygen atoms in total. The highest BCUT2D eigenvalue weighted by molar-refractivity contribution is 7.80. The number of benzene rings is 1. The molecule has 8 heteroatoms. The van der Waals surface area contributed by atoms with E-state index in [1.165, 1.54) is 0 Å². The molecular formula is C23H25N5O2S. The lowest BCUT2D eigenvalue weighted by atomic mass is 10.0. The third-order valence-electron chi connectivity index (χ3n) is 5.27. The van der Waals surface area contributed by atoms with E-state index < -0.39 is 0 Å². The number of nitrogens with zero attached hydrogens (tertiary/aromatic N) is 3. The minimum absolute atomic E-state index is 0.128. The number of anilines is 1. The van der Waals surface area contributed by atoms with Crippen molar-refractivity contribution in [3.8, 4) is 0 Å². The quantitative estimate of drug-likeness (QED) is 0.530. The maximum atomic E-state index is 12.8. The molecule has 3 aromatic rings. The van der Waals surface area contributed by atoms with Crippen molar-refractivity contribution in [1.82, 2.24) is 19.8 Å². The van der Waals surface area contributed by atoms with Gasteiger partial charge in [0.1, 0.15) is 6.54 Å². The second kappa shape index (κ2) is 9.72. The molecule has 1 aliphatic rings. The summed E-state index contributed by atoms with van der Waals surface area (Å²) >= 11 is 5.66. The molecule has 1 saturated heterocycles. The van der Waals surface area contributed by atoms with E-state index in [9.17, 15) is 4.79 Å². The maximum Gasteiger partial charge on any atom is 0.244 e. The molecule has 31 heavy (non-hydrogen) atoms. The highest BCUT2D eigenvalue weighted by Gasteiger charge is 2.41. The van der Waals surface area contributed by atoms with Gasteiger partial charge in [-0.2, -0.15) is 0 Å². The van der Waals surface area contributed by atoms with Gasteiger partial charge >= 0.3 is 0 Å². The van der Waals surface area contributed by atoms with Crippen LogP contribution in [0.5, 0.6) is 0 Å². The predicted octanol–water partition coefficient (Wildman–Crippen LogP) is 3.14. The Bertz CT molecular complexity index is 1020. The normalized spacial score (nSPS) is 18.1. The summed E-state index contributed by atoms with van der Waals surface area (Å²) in [5.74, 6) is -0.128. The van der Waals surface area contributed by atoms with Crippen molar-refractivity contribution in [3.63, 3.8) is 0 Å². The number of rotatable bonds is 8. The van der Waals surface area contributed by atoms with E-state index in [-0.39, 0.29) is 24.5 Å². The minimum Gasteiger partial charge on any atom is -0.383 e. The van der Waals surface area contributed by atoms with Crippen molar-refractivity contribution in [1.29, 1.82) is 0 Å². The van der Waals surface area contributed by atoms with E-state index in [4.69, 9.17) is 17.0 Å². The first-order chi connectivity index (χ1) is 15.2. The van der Waals surface area contributed by atoms with Crippen molar-refractivity contribution < 1.29 is 9.53 Å². The molecule has 2 N–H and O–H groups in total. The van der Waals surface area contributed by atoms with E-state index in [2.05, 4.69) is 26.3 Å². The molecule has 1 amide bonds. The van der Waals surface area contributed by atoms with Crippen LogP contribution in [0.3, 0.4) is 0 Å². The lowest BCUT2D eigenvalue weighted by Gasteiger charge is -2.28. The van der Waals surface area contributed by atoms with Gasteiger partial charge in [0.05, 0.1) is 24.4 Å². The number of thiocarbonyl (C=S) groups is 1. The molecular weight excluding hydrogens is 410 g/mol. The number of carbonyl (C=O) groups excluding carboxylic acids is 1. The van der Waals surface area contributed by atoms with Gasteiger partial charge in [-0.1, -0.05) is 24.3 Å². The number of pyridine rings is 1. The zero-order chi connectivity index (χ0) is 21.6. The van der Waals surface area contributed by atoms with Crippen LogP contribution in [0.15, 0.2) is 73.1 Å². The summed E-state index contributed by atoms with van der Waals surface area (Å²) in [6.07, 6.45) is 3.79. The zero-order valence-electron chi connectivity index (χ0n) is 17.3. The Morgan fingerprint density at radius 1 is 1.16 bits per heavy atom. The molecule has 2 unspecified atom stereocenters. The van der Waals surface area contributed by atoms with E-state index in [1.54, 1.807) is 13.3 Å². The van der Waals surface area contributed by atoms with Gasteiger partial charge in [0.25, 0.3) is 0 Å². The van der Waals surface area contributed by atoms with Crippen LogP contribution in [0.2, 0.25) is 0 Å². The summed E-state index contributed by atoms with van der Waals surface area (Å²) in [5, 5.41) is 6.86. The first kappa shape index (κ1) is 21.0. The molecule has 160 valence electrons. The molecule has 0 saturated carbocycles. The number of ether oxygens (including phenoxy) is 1. The molecule has 3 heterocycles. The van der Waals surface area contributed by atoms with Crippen LogP contribution in [0.25, 0.3) is 0 Å². The molecule has 4 rings (SSSR count). The second-order valence-electron chi connectivity index (χ2n) is 7.29. The van der Waals surface area contributed by atoms with Crippen LogP contribution in [-0.4, -0.2) is 45.7 Å². The molecule has 1 aliphatic heterocycles. The Hall–Kier alpha value is -3.23. The van der Waals surface area contributed by atoms with Crippen LogP contribution in [0.4, 0.5) is 5.69 Å². The van der Waals surface area contributed by atoms with Gasteiger partial charge in [0, 0.05) is 37.4 Å². The van der Waals surface area contributed by atoms with Crippen molar-refractivity contribution >= 4 is 28.9 Å². The standard InChI is InChI=1S/C23H25N5O2S/c1-30-15-14-27-13-7-11-19(27)22-21(18-10-5-6-12-24-18)26-23(31)28(22)16-20(29)25-17-8-3-2-4-9-17/h2-13,21-22H,14-16H2,1H3,(H,25,29)(H,26,31). The highest BCUT2D eigenvalue weighted by atomic mass is 32.1. The molecule has 0 spiro atoms. The third-order valence-corrected chi connectivity index (χ3v) is 5.63. The second-order valence-corrected chi connectivity index (χ2v) is 7.67. The fraction of sp³-hybridized carbons (Fsp3) is 0.261. The average molecular weight is 436 g/mol. The van der Waals surface area contributed by atoms with Gasteiger partial charge in [0.2, 0.25) is 5.91 Å². The minimum atomic E-state index is -0.184. The fourth-order valence-corrected chi connectivity index (χ4v) is 4.17. The predicted molar refractivity (Wildman–Crippen MR) is 124 cm³/mol. The zero-order valence-corrected chi connectivity index (χ0v) is 18.1. The molecule has 1 fully saturated rings. The summed E-state index contributed by atoms with van der Waals surface area (Å²) in [7, 11) is 1.69. The van der Waals surface area contributed by atoms with E-state index in [1.807, 2.05) is 65.7 Å². The molecule has 2 aromatic heterocycles. The Labute approximate surface area is 187 Å². The summed E-state index contributed by atoms with van der Waals surface area (Å²) in [6.45, 7) is 1.43. The SMILES string of the molecule is COCCn1cccc1C1C(c2ccccn2)NC(=S)N1CC(=O)Nc1ccccc1. The molecule has 0 radical (unpaired) electrons. The van der Waals surface area contributed by atoms with Gasteiger partial charge in [-0.25, -0.2) is 0 Å². The van der Waals surface area contributed by atoms with Gasteiger partial charge in [-0.15, -0.1) is 0 Å². The maximum absolute atomic E-state index is 12.8. The number of aromatic nitrogens is 2. The largest absolute Gasteiger partial charge is 0.383 e. The van der Waals surface area contributed by atoms with Crippen LogP contribution in [0, 0.1) is 0 Å². The molecule has 2 atom stereocenters. The number of para-hydroxylation sites is 1. The van der Waals surface area contributed by atoms with Gasteiger partial charge in [0.15, 0.2) is 5.11 Å². The average Bonchev–Trinajstić information content (AvgIpc) is 3.37. The Morgan fingerprint density at radius 2 is 1.97 bits per heavy atom. The molecule has 0 bridgehead atoms. The molecule has 1 aromatic carbocycles. The van der Waals surface area contributed by atoms with Crippen LogP contribution >= 0.6 is 12.2 Å². The van der Waals surface area contributed by atoms with Crippen LogP contribution in [-0.2, 0) is 16.1 Å². The Morgan fingerprint density at radius 3 is 2.71 bits per heavy atom. The van der Waals surface area contributed by atoms with E-state index in [0.29, 0.717) is 18.3 Å². The lowest BCUT2D eigenvalue weighted by molar-refractivity contribution is -0.116. The van der Waals surface area contributed by atoms with E-state index in [0.717, 1.165) is 17.1 Å². The topological polar surface area (TPSA) is 71.4 Å². The molecule has 0 aliphatic carbocycles. The summed E-state index contributed by atoms with van der Waals surface area (Å²) in [4.78, 5) is 19.3. The summed E-state index contributed by atoms with van der Waals surface area (Å²) in [6, 6.07) is 18.9. The van der Waals surface area contributed by atoms with Crippen molar-refractivity contribution in [2.24, 2.45) is 0 Å². The summed E-state index contributed by atoms with van der Waals surface area (Å²) < 4.78 is 7.41. The monoisotopic (exact) mass is 435 g/mol. The summed E-state index contributed by atoms with van der Waals surface area (Å²) in [5.41, 5.74) is 2.68. The number of hydrogen-bond acceptors (Lipinski definition) is 4. The number of nitrogens with one attached hydrogen (secondary N) is 2. The third kappa shape index (κ3) is 4.76. The number of methoxy groups -OCH3 is 1. The number of amides is 1. The highest BCUT2D eigenvalue weighted by Crippen LogP contribution is 2.38. The smallest absolute Gasteiger partial charge is 0.244 e. The van der Waals surface area contributed by atoms with Crippen molar-refractivity contribution in [3.05, 3.63) is 84.4 Å².